The normalized spacial score (nSPS) is 11.4. The molecule has 3 rings (SSSR count). The van der Waals surface area contributed by atoms with Gasteiger partial charge in [0, 0.05) is 5.56 Å². The topological polar surface area (TPSA) is 70.9 Å². The summed E-state index contributed by atoms with van der Waals surface area (Å²) in [6.07, 6.45) is 2.41. The summed E-state index contributed by atoms with van der Waals surface area (Å²) in [5, 5.41) is 15.4. The number of carbonyl (C=O) groups excluding carboxylic acids is 1. The Kier molecular flexibility index (Phi) is 6.76. The molecule has 0 atom stereocenters. The maximum Gasteiger partial charge on any atom is 0.281 e. The maximum absolute atomic E-state index is 13.0. The maximum atomic E-state index is 13.0. The van der Waals surface area contributed by atoms with Crippen LogP contribution in [-0.2, 0) is 10.4 Å². The predicted octanol–water partition coefficient (Wildman–Crippen LogP) is 3.86. The number of hydrogen-bond donors (Lipinski definition) is 2. The molecule has 0 aromatic heterocycles. The number of nitrogens with one attached hydrogen (secondary N) is 1. The summed E-state index contributed by atoms with van der Waals surface area (Å²) in [5.74, 6) is 0.0480. The summed E-state index contributed by atoms with van der Waals surface area (Å²) in [5.41, 5.74) is 2.28. The summed E-state index contributed by atoms with van der Waals surface area (Å²) in [4.78, 5) is 13.0. The molecule has 3 aromatic rings. The Morgan fingerprint density at radius 3 is 2.10 bits per heavy atom. The van der Waals surface area contributed by atoms with Crippen LogP contribution in [0, 0.1) is 0 Å². The SMILES string of the molecule is CCCOc1ccccc1/C=N/NC(=O)C(O)(c1ccccc1)c1ccccc1. The third kappa shape index (κ3) is 4.70. The lowest BCUT2D eigenvalue weighted by Crippen LogP contribution is -2.43. The fourth-order valence-electron chi connectivity index (χ4n) is 2.96. The van der Waals surface area contributed by atoms with Gasteiger partial charge in [-0.05, 0) is 29.7 Å². The van der Waals surface area contributed by atoms with E-state index in [1.807, 2.05) is 43.3 Å². The van der Waals surface area contributed by atoms with Crippen molar-refractivity contribution in [2.75, 3.05) is 6.61 Å². The molecule has 0 spiro atoms. The van der Waals surface area contributed by atoms with Crippen LogP contribution < -0.4 is 10.2 Å². The Bertz CT molecular complexity index is 917. The van der Waals surface area contributed by atoms with Crippen LogP contribution in [0.15, 0.2) is 90.0 Å². The van der Waals surface area contributed by atoms with Gasteiger partial charge in [0.2, 0.25) is 0 Å². The first-order chi connectivity index (χ1) is 14.2. The molecule has 0 fully saturated rings. The number of hydrazone groups is 1. The minimum absolute atomic E-state index is 0.463. The molecule has 0 saturated carbocycles. The zero-order chi connectivity index (χ0) is 20.5. The van der Waals surface area contributed by atoms with Crippen LogP contribution in [-0.4, -0.2) is 23.8 Å². The highest BCUT2D eigenvalue weighted by atomic mass is 16.5. The van der Waals surface area contributed by atoms with E-state index >= 15 is 0 Å². The van der Waals surface area contributed by atoms with Crippen molar-refractivity contribution >= 4 is 12.1 Å². The third-order valence-corrected chi connectivity index (χ3v) is 4.46. The van der Waals surface area contributed by atoms with Gasteiger partial charge in [-0.15, -0.1) is 0 Å². The Morgan fingerprint density at radius 1 is 0.966 bits per heavy atom. The monoisotopic (exact) mass is 388 g/mol. The molecular weight excluding hydrogens is 364 g/mol. The average molecular weight is 388 g/mol. The first-order valence-corrected chi connectivity index (χ1v) is 9.55. The zero-order valence-corrected chi connectivity index (χ0v) is 16.3. The van der Waals surface area contributed by atoms with Crippen LogP contribution >= 0.6 is 0 Å². The van der Waals surface area contributed by atoms with Gasteiger partial charge in [-0.3, -0.25) is 4.79 Å². The summed E-state index contributed by atoms with van der Waals surface area (Å²) < 4.78 is 5.70. The second-order valence-electron chi connectivity index (χ2n) is 6.53. The first-order valence-electron chi connectivity index (χ1n) is 9.55. The highest BCUT2D eigenvalue weighted by Crippen LogP contribution is 2.29. The average Bonchev–Trinajstić information content (AvgIpc) is 2.79. The molecule has 5 heteroatoms. The Labute approximate surface area is 170 Å². The second-order valence-corrected chi connectivity index (χ2v) is 6.53. The summed E-state index contributed by atoms with van der Waals surface area (Å²) >= 11 is 0. The highest BCUT2D eigenvalue weighted by molar-refractivity contribution is 5.91. The van der Waals surface area contributed by atoms with Gasteiger partial charge in [0.15, 0.2) is 5.60 Å². The van der Waals surface area contributed by atoms with Gasteiger partial charge >= 0.3 is 0 Å². The van der Waals surface area contributed by atoms with E-state index in [9.17, 15) is 9.90 Å². The van der Waals surface area contributed by atoms with Crippen LogP contribution in [0.1, 0.15) is 30.0 Å². The van der Waals surface area contributed by atoms with Gasteiger partial charge in [0.05, 0.1) is 12.8 Å². The third-order valence-electron chi connectivity index (χ3n) is 4.46. The Morgan fingerprint density at radius 2 is 1.52 bits per heavy atom. The van der Waals surface area contributed by atoms with Gasteiger partial charge < -0.3 is 9.84 Å². The number of carbonyl (C=O) groups is 1. The fourth-order valence-corrected chi connectivity index (χ4v) is 2.96. The standard InChI is InChI=1S/C24H24N2O3/c1-2-17-29-22-16-10-9-11-19(22)18-25-26-23(27)24(28,20-12-5-3-6-13-20)21-14-7-4-8-15-21/h3-16,18,28H,2,17H2,1H3,(H,26,27)/b25-18+. The van der Waals surface area contributed by atoms with E-state index in [1.54, 1.807) is 48.5 Å². The van der Waals surface area contributed by atoms with E-state index in [1.165, 1.54) is 6.21 Å². The van der Waals surface area contributed by atoms with Crippen molar-refractivity contribution < 1.29 is 14.6 Å². The van der Waals surface area contributed by atoms with Crippen molar-refractivity contribution in [3.63, 3.8) is 0 Å². The van der Waals surface area contributed by atoms with E-state index in [2.05, 4.69) is 10.5 Å². The van der Waals surface area contributed by atoms with Crippen molar-refractivity contribution in [2.24, 2.45) is 5.10 Å². The lowest BCUT2D eigenvalue weighted by Gasteiger charge is -2.27. The molecule has 29 heavy (non-hydrogen) atoms. The largest absolute Gasteiger partial charge is 0.493 e. The van der Waals surface area contributed by atoms with Gasteiger partial charge in [-0.1, -0.05) is 79.7 Å². The quantitative estimate of drug-likeness (QED) is 0.455. The minimum Gasteiger partial charge on any atom is -0.493 e. The number of benzene rings is 3. The van der Waals surface area contributed by atoms with Crippen molar-refractivity contribution in [3.05, 3.63) is 102 Å². The van der Waals surface area contributed by atoms with Gasteiger partial charge in [0.25, 0.3) is 5.91 Å². The summed E-state index contributed by atoms with van der Waals surface area (Å²) in [6, 6.07) is 25.1. The number of amides is 1. The van der Waals surface area contributed by atoms with Crippen molar-refractivity contribution in [3.8, 4) is 5.75 Å². The molecule has 0 aliphatic rings. The van der Waals surface area contributed by atoms with Crippen molar-refractivity contribution in [1.82, 2.24) is 5.43 Å². The molecule has 0 bridgehead atoms. The van der Waals surface area contributed by atoms with Gasteiger partial charge in [-0.25, -0.2) is 5.43 Å². The van der Waals surface area contributed by atoms with Crippen LogP contribution in [0.2, 0.25) is 0 Å². The number of ether oxygens (including phenoxy) is 1. The van der Waals surface area contributed by atoms with Crippen LogP contribution in [0.5, 0.6) is 5.75 Å². The lowest BCUT2D eigenvalue weighted by molar-refractivity contribution is -0.136. The number of hydrogen-bond acceptors (Lipinski definition) is 4. The van der Waals surface area contributed by atoms with E-state index < -0.39 is 11.5 Å². The molecular formula is C24H24N2O3. The molecule has 148 valence electrons. The lowest BCUT2D eigenvalue weighted by atomic mass is 9.85. The number of aliphatic hydroxyl groups is 1. The van der Waals surface area contributed by atoms with Gasteiger partial charge in [-0.2, -0.15) is 5.10 Å². The van der Waals surface area contributed by atoms with Crippen LogP contribution in [0.4, 0.5) is 0 Å². The number of para-hydroxylation sites is 1. The molecule has 5 nitrogen and oxygen atoms in total. The van der Waals surface area contributed by atoms with Crippen LogP contribution in [0.3, 0.4) is 0 Å². The molecule has 0 unspecified atom stereocenters. The minimum atomic E-state index is -1.86. The molecule has 0 aliphatic carbocycles. The molecule has 1 amide bonds. The molecule has 0 aliphatic heterocycles. The fraction of sp³-hybridized carbons (Fsp3) is 0.167. The Hall–Kier alpha value is -3.44. The highest BCUT2D eigenvalue weighted by Gasteiger charge is 2.39. The van der Waals surface area contributed by atoms with Gasteiger partial charge in [0.1, 0.15) is 5.75 Å². The number of rotatable bonds is 8. The molecule has 2 N–H and O–H groups in total. The number of nitrogens with zero attached hydrogens (tertiary/aromatic N) is 1. The first kappa shape index (κ1) is 20.3. The van der Waals surface area contributed by atoms with E-state index in [0.29, 0.717) is 23.5 Å². The second kappa shape index (κ2) is 9.66. The molecule has 3 aromatic carbocycles. The smallest absolute Gasteiger partial charge is 0.281 e. The van der Waals surface area contributed by atoms with E-state index in [-0.39, 0.29) is 0 Å². The summed E-state index contributed by atoms with van der Waals surface area (Å²) in [6.45, 7) is 2.63. The van der Waals surface area contributed by atoms with Crippen molar-refractivity contribution in [2.45, 2.75) is 18.9 Å². The molecule has 0 heterocycles. The molecule has 0 radical (unpaired) electrons. The van der Waals surface area contributed by atoms with Crippen LogP contribution in [0.25, 0.3) is 0 Å². The molecule has 0 saturated heterocycles. The predicted molar refractivity (Wildman–Crippen MR) is 114 cm³/mol. The summed E-state index contributed by atoms with van der Waals surface area (Å²) in [7, 11) is 0. The van der Waals surface area contributed by atoms with E-state index in [0.717, 1.165) is 12.0 Å². The zero-order valence-electron chi connectivity index (χ0n) is 16.3. The van der Waals surface area contributed by atoms with Crippen molar-refractivity contribution in [1.29, 1.82) is 0 Å². The van der Waals surface area contributed by atoms with E-state index in [4.69, 9.17) is 4.74 Å². The Balaban J connectivity index is 1.85.